The predicted octanol–water partition coefficient (Wildman–Crippen LogP) is 0.930. The van der Waals surface area contributed by atoms with E-state index in [-0.39, 0.29) is 30.2 Å². The number of nitrogens with one attached hydrogen (secondary N) is 1. The molecular formula is C15H14N4O3S2. The monoisotopic (exact) mass is 362 g/mol. The minimum Gasteiger partial charge on any atom is -0.395 e. The molecule has 0 spiro atoms. The van der Waals surface area contributed by atoms with E-state index in [1.807, 2.05) is 0 Å². The van der Waals surface area contributed by atoms with Gasteiger partial charge >= 0.3 is 0 Å². The van der Waals surface area contributed by atoms with E-state index in [0.717, 1.165) is 11.8 Å². The van der Waals surface area contributed by atoms with Crippen molar-refractivity contribution in [2.24, 2.45) is 0 Å². The molecule has 2 aromatic heterocycles. The normalized spacial score (nSPS) is 16.4. The smallest absolute Gasteiger partial charge is 0.267 e. The number of pyridine rings is 1. The topological polar surface area (TPSA) is 86.9 Å². The molecule has 124 valence electrons. The number of aromatic nitrogens is 2. The number of fused-ring (bicyclic) bond motifs is 1. The number of aliphatic hydroxyl groups is 1. The van der Waals surface area contributed by atoms with Gasteiger partial charge in [-0.15, -0.1) is 0 Å². The Morgan fingerprint density at radius 1 is 1.42 bits per heavy atom. The van der Waals surface area contributed by atoms with E-state index in [0.29, 0.717) is 20.7 Å². The molecule has 2 N–H and O–H groups in total. The van der Waals surface area contributed by atoms with E-state index in [1.54, 1.807) is 31.4 Å². The van der Waals surface area contributed by atoms with Crippen LogP contribution in [0.5, 0.6) is 0 Å². The number of carbonyl (C=O) groups excluding carboxylic acids is 1. The Balaban J connectivity index is 2.18. The molecule has 3 heterocycles. The zero-order valence-electron chi connectivity index (χ0n) is 12.7. The second-order valence-corrected chi connectivity index (χ2v) is 6.67. The molecule has 0 unspecified atom stereocenters. The maximum absolute atomic E-state index is 12.8. The highest BCUT2D eigenvalue weighted by Crippen LogP contribution is 2.31. The van der Waals surface area contributed by atoms with Crippen molar-refractivity contribution in [1.82, 2.24) is 14.3 Å². The summed E-state index contributed by atoms with van der Waals surface area (Å²) in [4.78, 5) is 31.1. The van der Waals surface area contributed by atoms with Gasteiger partial charge < -0.3 is 10.4 Å². The van der Waals surface area contributed by atoms with E-state index < -0.39 is 0 Å². The molecule has 1 amide bonds. The van der Waals surface area contributed by atoms with Gasteiger partial charge in [0.1, 0.15) is 15.8 Å². The highest BCUT2D eigenvalue weighted by molar-refractivity contribution is 8.26. The number of hydrogen-bond donors (Lipinski definition) is 2. The number of thiocarbonyl (C=S) groups is 1. The fourth-order valence-corrected chi connectivity index (χ4v) is 3.38. The minimum absolute atomic E-state index is 0.105. The van der Waals surface area contributed by atoms with Gasteiger partial charge in [0.15, 0.2) is 0 Å². The van der Waals surface area contributed by atoms with Crippen molar-refractivity contribution in [2.45, 2.75) is 0 Å². The van der Waals surface area contributed by atoms with Gasteiger partial charge in [0.05, 0.1) is 17.1 Å². The van der Waals surface area contributed by atoms with E-state index >= 15 is 0 Å². The average molecular weight is 362 g/mol. The molecule has 0 bridgehead atoms. The molecule has 0 aromatic carbocycles. The van der Waals surface area contributed by atoms with Crippen LogP contribution >= 0.6 is 24.0 Å². The van der Waals surface area contributed by atoms with Gasteiger partial charge in [-0.25, -0.2) is 4.98 Å². The Morgan fingerprint density at radius 3 is 2.88 bits per heavy atom. The van der Waals surface area contributed by atoms with Crippen molar-refractivity contribution >= 4 is 51.7 Å². The largest absolute Gasteiger partial charge is 0.395 e. The van der Waals surface area contributed by atoms with Gasteiger partial charge in [-0.3, -0.25) is 18.9 Å². The standard InChI is InChI=1S/C15H14N4O3S2/c1-18-14(22)10(24-15(18)23)8-9-12(16-5-7-20)17-11-4-2-3-6-19(11)13(9)21/h2-4,6,8,16,20H,5,7H2,1H3. The van der Waals surface area contributed by atoms with Crippen molar-refractivity contribution in [1.29, 1.82) is 0 Å². The van der Waals surface area contributed by atoms with E-state index in [1.165, 1.54) is 15.4 Å². The fourth-order valence-electron chi connectivity index (χ4n) is 2.22. The Morgan fingerprint density at radius 2 is 2.21 bits per heavy atom. The predicted molar refractivity (Wildman–Crippen MR) is 98.0 cm³/mol. The summed E-state index contributed by atoms with van der Waals surface area (Å²) >= 11 is 6.24. The molecule has 1 aliphatic rings. The molecule has 9 heteroatoms. The molecule has 1 fully saturated rings. The highest BCUT2D eigenvalue weighted by atomic mass is 32.2. The zero-order chi connectivity index (χ0) is 17.3. The molecule has 0 aliphatic carbocycles. The molecule has 0 atom stereocenters. The third-order valence-electron chi connectivity index (χ3n) is 3.44. The quantitative estimate of drug-likeness (QED) is 0.618. The number of nitrogens with zero attached hydrogens (tertiary/aromatic N) is 3. The number of thioether (sulfide) groups is 1. The van der Waals surface area contributed by atoms with E-state index in [2.05, 4.69) is 10.3 Å². The van der Waals surface area contributed by atoms with Gasteiger partial charge in [-0.2, -0.15) is 0 Å². The SMILES string of the molecule is CN1C(=O)C(=Cc2c(NCCO)nc3ccccn3c2=O)SC1=S. The van der Waals surface area contributed by atoms with Crippen LogP contribution in [-0.2, 0) is 4.79 Å². The number of likely N-dealkylation sites (N-methyl/N-ethyl adjacent to an activating group) is 1. The summed E-state index contributed by atoms with van der Waals surface area (Å²) in [6.45, 7) is 0.136. The van der Waals surface area contributed by atoms with Crippen molar-refractivity contribution in [3.63, 3.8) is 0 Å². The van der Waals surface area contributed by atoms with Crippen molar-refractivity contribution in [3.8, 4) is 0 Å². The summed E-state index contributed by atoms with van der Waals surface area (Å²) in [7, 11) is 1.59. The van der Waals surface area contributed by atoms with Crippen LogP contribution < -0.4 is 10.9 Å². The first-order valence-corrected chi connectivity index (χ1v) is 8.33. The molecule has 2 aromatic rings. The van der Waals surface area contributed by atoms with Crippen LogP contribution in [0.1, 0.15) is 5.56 Å². The van der Waals surface area contributed by atoms with Gasteiger partial charge in [-0.1, -0.05) is 30.0 Å². The molecule has 0 saturated carbocycles. The van der Waals surface area contributed by atoms with Crippen LogP contribution in [0.25, 0.3) is 11.7 Å². The summed E-state index contributed by atoms with van der Waals surface area (Å²) in [5, 5.41) is 11.9. The van der Waals surface area contributed by atoms with E-state index in [4.69, 9.17) is 17.3 Å². The number of hydrogen-bond acceptors (Lipinski definition) is 7. The molecule has 0 radical (unpaired) electrons. The minimum atomic E-state index is -0.303. The molecule has 24 heavy (non-hydrogen) atoms. The maximum Gasteiger partial charge on any atom is 0.267 e. The Bertz CT molecular complexity index is 923. The molecular weight excluding hydrogens is 348 g/mol. The number of anilines is 1. The summed E-state index contributed by atoms with van der Waals surface area (Å²) in [6, 6.07) is 5.21. The van der Waals surface area contributed by atoms with Crippen LogP contribution in [0.3, 0.4) is 0 Å². The Labute approximate surface area is 147 Å². The number of rotatable bonds is 4. The lowest BCUT2D eigenvalue weighted by molar-refractivity contribution is -0.121. The summed E-state index contributed by atoms with van der Waals surface area (Å²) in [5.74, 6) is 0.0669. The van der Waals surface area contributed by atoms with Gasteiger partial charge in [-0.05, 0) is 18.2 Å². The average Bonchev–Trinajstić information content (AvgIpc) is 2.83. The number of aliphatic hydroxyl groups excluding tert-OH is 1. The molecule has 1 aliphatic heterocycles. The van der Waals surface area contributed by atoms with Crippen LogP contribution in [0.15, 0.2) is 34.1 Å². The third-order valence-corrected chi connectivity index (χ3v) is 4.92. The summed E-state index contributed by atoms with van der Waals surface area (Å²) < 4.78 is 1.84. The second kappa shape index (κ2) is 6.71. The molecule has 7 nitrogen and oxygen atoms in total. The van der Waals surface area contributed by atoms with Crippen LogP contribution in [-0.4, -0.2) is 49.8 Å². The lowest BCUT2D eigenvalue weighted by atomic mass is 10.2. The van der Waals surface area contributed by atoms with Crippen LogP contribution in [0, 0.1) is 0 Å². The second-order valence-electron chi connectivity index (χ2n) is 5.00. The molecule has 1 saturated heterocycles. The van der Waals surface area contributed by atoms with Crippen molar-refractivity contribution in [2.75, 3.05) is 25.5 Å². The molecule has 3 rings (SSSR count). The van der Waals surface area contributed by atoms with Crippen LogP contribution in [0.2, 0.25) is 0 Å². The highest BCUT2D eigenvalue weighted by Gasteiger charge is 2.29. The number of carbonyl (C=O) groups is 1. The maximum atomic E-state index is 12.8. The lowest BCUT2D eigenvalue weighted by Crippen LogP contribution is -2.23. The first kappa shape index (κ1) is 16.6. The van der Waals surface area contributed by atoms with Crippen molar-refractivity contribution < 1.29 is 9.90 Å². The van der Waals surface area contributed by atoms with Gasteiger partial charge in [0.2, 0.25) is 0 Å². The summed E-state index contributed by atoms with van der Waals surface area (Å²) in [6.07, 6.45) is 3.11. The number of amides is 1. The van der Waals surface area contributed by atoms with Gasteiger partial charge in [0, 0.05) is 19.8 Å². The first-order valence-electron chi connectivity index (χ1n) is 7.10. The Hall–Kier alpha value is -2.23. The van der Waals surface area contributed by atoms with Gasteiger partial charge in [0.25, 0.3) is 11.5 Å². The lowest BCUT2D eigenvalue weighted by Gasteiger charge is -2.10. The third kappa shape index (κ3) is 2.93. The zero-order valence-corrected chi connectivity index (χ0v) is 14.4. The van der Waals surface area contributed by atoms with E-state index in [9.17, 15) is 9.59 Å². The summed E-state index contributed by atoms with van der Waals surface area (Å²) in [5.41, 5.74) is 0.423. The fraction of sp³-hybridized carbons (Fsp3) is 0.200. The van der Waals surface area contributed by atoms with Crippen LogP contribution in [0.4, 0.5) is 5.82 Å². The first-order chi connectivity index (χ1) is 11.5. The Kier molecular flexibility index (Phi) is 4.65. The van der Waals surface area contributed by atoms with Crippen molar-refractivity contribution in [3.05, 3.63) is 45.2 Å².